The SMILES string of the molecule is COc1ccc(CNc2cnnc(N3CCN(C)CC3)n2)cc1. The van der Waals surface area contributed by atoms with Gasteiger partial charge in [0.05, 0.1) is 13.3 Å². The summed E-state index contributed by atoms with van der Waals surface area (Å²) < 4.78 is 5.16. The van der Waals surface area contributed by atoms with Crippen LogP contribution in [0.15, 0.2) is 30.5 Å². The molecule has 0 spiro atoms. The van der Waals surface area contributed by atoms with Gasteiger partial charge in [0.2, 0.25) is 5.95 Å². The van der Waals surface area contributed by atoms with Gasteiger partial charge in [0, 0.05) is 32.7 Å². The number of rotatable bonds is 5. The summed E-state index contributed by atoms with van der Waals surface area (Å²) in [5.41, 5.74) is 1.16. The maximum absolute atomic E-state index is 5.16. The Morgan fingerprint density at radius 3 is 2.57 bits per heavy atom. The molecule has 1 fully saturated rings. The van der Waals surface area contributed by atoms with Gasteiger partial charge in [-0.05, 0) is 24.7 Å². The molecule has 2 heterocycles. The highest BCUT2D eigenvalue weighted by Crippen LogP contribution is 2.14. The lowest BCUT2D eigenvalue weighted by Gasteiger charge is -2.32. The van der Waals surface area contributed by atoms with E-state index in [1.807, 2.05) is 24.3 Å². The maximum atomic E-state index is 5.16. The Bertz CT molecular complexity index is 625. The van der Waals surface area contributed by atoms with Crippen LogP contribution in [-0.4, -0.2) is 60.4 Å². The summed E-state index contributed by atoms with van der Waals surface area (Å²) in [6.07, 6.45) is 1.66. The molecule has 7 nitrogen and oxygen atoms in total. The summed E-state index contributed by atoms with van der Waals surface area (Å²) in [5.74, 6) is 2.29. The lowest BCUT2D eigenvalue weighted by Crippen LogP contribution is -2.45. The summed E-state index contributed by atoms with van der Waals surface area (Å²) in [6.45, 7) is 4.59. The van der Waals surface area contributed by atoms with E-state index in [1.54, 1.807) is 13.3 Å². The summed E-state index contributed by atoms with van der Waals surface area (Å²) in [6, 6.07) is 7.96. The number of benzene rings is 1. The van der Waals surface area contributed by atoms with E-state index in [-0.39, 0.29) is 0 Å². The van der Waals surface area contributed by atoms with Crippen molar-refractivity contribution in [2.45, 2.75) is 6.54 Å². The molecule has 23 heavy (non-hydrogen) atoms. The van der Waals surface area contributed by atoms with Gasteiger partial charge in [-0.3, -0.25) is 0 Å². The van der Waals surface area contributed by atoms with E-state index in [0.717, 1.165) is 43.3 Å². The second-order valence-electron chi connectivity index (χ2n) is 5.63. The lowest BCUT2D eigenvalue weighted by atomic mass is 10.2. The smallest absolute Gasteiger partial charge is 0.247 e. The van der Waals surface area contributed by atoms with Crippen LogP contribution in [0.4, 0.5) is 11.8 Å². The molecule has 0 unspecified atom stereocenters. The minimum absolute atomic E-state index is 0.685. The second kappa shape index (κ2) is 7.23. The zero-order valence-electron chi connectivity index (χ0n) is 13.6. The van der Waals surface area contributed by atoms with Gasteiger partial charge in [0.15, 0.2) is 5.82 Å². The van der Waals surface area contributed by atoms with E-state index in [4.69, 9.17) is 4.74 Å². The van der Waals surface area contributed by atoms with Crippen LogP contribution < -0.4 is 15.0 Å². The molecule has 1 aromatic carbocycles. The van der Waals surface area contributed by atoms with Crippen molar-refractivity contribution in [1.82, 2.24) is 20.1 Å². The molecule has 7 heteroatoms. The molecule has 0 aliphatic carbocycles. The van der Waals surface area contributed by atoms with Crippen LogP contribution in [0.3, 0.4) is 0 Å². The Labute approximate surface area is 136 Å². The van der Waals surface area contributed by atoms with E-state index in [0.29, 0.717) is 12.5 Å². The first kappa shape index (κ1) is 15.5. The predicted molar refractivity (Wildman–Crippen MR) is 89.9 cm³/mol. The maximum Gasteiger partial charge on any atom is 0.247 e. The van der Waals surface area contributed by atoms with Crippen LogP contribution in [-0.2, 0) is 6.54 Å². The third-order valence-corrected chi connectivity index (χ3v) is 3.97. The molecule has 0 saturated carbocycles. The molecule has 1 saturated heterocycles. The predicted octanol–water partition coefficient (Wildman–Crippen LogP) is 1.24. The Morgan fingerprint density at radius 1 is 1.13 bits per heavy atom. The van der Waals surface area contributed by atoms with Gasteiger partial charge in [0.1, 0.15) is 5.75 Å². The van der Waals surface area contributed by atoms with Crippen molar-refractivity contribution in [2.75, 3.05) is 50.6 Å². The van der Waals surface area contributed by atoms with Gasteiger partial charge in [-0.15, -0.1) is 5.10 Å². The van der Waals surface area contributed by atoms with Gasteiger partial charge in [-0.2, -0.15) is 10.1 Å². The van der Waals surface area contributed by atoms with Gasteiger partial charge < -0.3 is 19.9 Å². The number of anilines is 2. The molecular weight excluding hydrogens is 292 g/mol. The van der Waals surface area contributed by atoms with Crippen molar-refractivity contribution in [2.24, 2.45) is 0 Å². The Hall–Kier alpha value is -2.41. The molecule has 1 aliphatic heterocycles. The molecular formula is C16H22N6O. The summed E-state index contributed by atoms with van der Waals surface area (Å²) >= 11 is 0. The van der Waals surface area contributed by atoms with Crippen molar-refractivity contribution in [3.63, 3.8) is 0 Å². The number of nitrogens with zero attached hydrogens (tertiary/aromatic N) is 5. The zero-order chi connectivity index (χ0) is 16.1. The Morgan fingerprint density at radius 2 is 1.87 bits per heavy atom. The van der Waals surface area contributed by atoms with Crippen LogP contribution in [0.2, 0.25) is 0 Å². The highest BCUT2D eigenvalue weighted by molar-refractivity contribution is 5.40. The number of hydrogen-bond donors (Lipinski definition) is 1. The number of ether oxygens (including phenoxy) is 1. The minimum atomic E-state index is 0.685. The molecule has 1 aliphatic rings. The number of methoxy groups -OCH3 is 1. The molecule has 0 bridgehead atoms. The van der Waals surface area contributed by atoms with Crippen LogP contribution in [0.1, 0.15) is 5.56 Å². The molecule has 122 valence electrons. The van der Waals surface area contributed by atoms with Crippen LogP contribution >= 0.6 is 0 Å². The van der Waals surface area contributed by atoms with E-state index < -0.39 is 0 Å². The number of hydrogen-bond acceptors (Lipinski definition) is 7. The van der Waals surface area contributed by atoms with Gasteiger partial charge in [-0.1, -0.05) is 12.1 Å². The number of nitrogens with one attached hydrogen (secondary N) is 1. The standard InChI is InChI=1S/C16H22N6O/c1-21-7-9-22(10-8-21)16-19-15(12-18-20-16)17-11-13-3-5-14(23-2)6-4-13/h3-6,12H,7-11H2,1-2H3,(H,17,19,20). The second-order valence-corrected chi connectivity index (χ2v) is 5.63. The zero-order valence-corrected chi connectivity index (χ0v) is 13.6. The molecule has 0 amide bonds. The average molecular weight is 314 g/mol. The van der Waals surface area contributed by atoms with Crippen molar-refractivity contribution < 1.29 is 4.74 Å². The first-order chi connectivity index (χ1) is 11.2. The summed E-state index contributed by atoms with van der Waals surface area (Å²) in [4.78, 5) is 9.04. The first-order valence-electron chi connectivity index (χ1n) is 7.74. The average Bonchev–Trinajstić information content (AvgIpc) is 2.61. The highest BCUT2D eigenvalue weighted by atomic mass is 16.5. The first-order valence-corrected chi connectivity index (χ1v) is 7.74. The van der Waals surface area contributed by atoms with E-state index in [2.05, 4.69) is 37.3 Å². The third-order valence-electron chi connectivity index (χ3n) is 3.97. The van der Waals surface area contributed by atoms with Crippen LogP contribution in [0, 0.1) is 0 Å². The van der Waals surface area contributed by atoms with Gasteiger partial charge in [0.25, 0.3) is 0 Å². The van der Waals surface area contributed by atoms with Crippen molar-refractivity contribution in [3.8, 4) is 5.75 Å². The highest BCUT2D eigenvalue weighted by Gasteiger charge is 2.17. The third kappa shape index (κ3) is 4.07. The summed E-state index contributed by atoms with van der Waals surface area (Å²) in [5, 5.41) is 11.5. The largest absolute Gasteiger partial charge is 0.497 e. The fourth-order valence-corrected chi connectivity index (χ4v) is 2.46. The number of aromatic nitrogens is 3. The quantitative estimate of drug-likeness (QED) is 0.890. The van der Waals surface area contributed by atoms with E-state index in [9.17, 15) is 0 Å². The molecule has 2 aromatic rings. The summed E-state index contributed by atoms with van der Waals surface area (Å²) in [7, 11) is 3.79. The normalized spacial score (nSPS) is 15.5. The number of likely N-dealkylation sites (N-methyl/N-ethyl adjacent to an activating group) is 1. The lowest BCUT2D eigenvalue weighted by molar-refractivity contribution is 0.311. The topological polar surface area (TPSA) is 66.4 Å². The Kier molecular flexibility index (Phi) is 4.87. The van der Waals surface area contributed by atoms with E-state index in [1.165, 1.54) is 0 Å². The van der Waals surface area contributed by atoms with Gasteiger partial charge in [-0.25, -0.2) is 0 Å². The Balaban J connectivity index is 1.60. The van der Waals surface area contributed by atoms with Crippen molar-refractivity contribution >= 4 is 11.8 Å². The minimum Gasteiger partial charge on any atom is -0.497 e. The monoisotopic (exact) mass is 314 g/mol. The van der Waals surface area contributed by atoms with Gasteiger partial charge >= 0.3 is 0 Å². The van der Waals surface area contributed by atoms with E-state index >= 15 is 0 Å². The number of piperazine rings is 1. The molecule has 1 aromatic heterocycles. The fraction of sp³-hybridized carbons (Fsp3) is 0.438. The fourth-order valence-electron chi connectivity index (χ4n) is 2.46. The molecule has 1 N–H and O–H groups in total. The van der Waals surface area contributed by atoms with Crippen molar-refractivity contribution in [3.05, 3.63) is 36.0 Å². The molecule has 0 radical (unpaired) electrons. The van der Waals surface area contributed by atoms with Crippen LogP contribution in [0.25, 0.3) is 0 Å². The van der Waals surface area contributed by atoms with Crippen molar-refractivity contribution in [1.29, 1.82) is 0 Å². The molecule has 3 rings (SSSR count). The molecule has 0 atom stereocenters. The van der Waals surface area contributed by atoms with Crippen LogP contribution in [0.5, 0.6) is 5.75 Å².